The van der Waals surface area contributed by atoms with E-state index in [0.717, 1.165) is 22.6 Å². The first kappa shape index (κ1) is 11.2. The minimum atomic E-state index is 0.952. The summed E-state index contributed by atoms with van der Waals surface area (Å²) in [6.07, 6.45) is 1.79. The Morgan fingerprint density at radius 1 is 1.39 bits per heavy atom. The van der Waals surface area contributed by atoms with Gasteiger partial charge in [0.1, 0.15) is 0 Å². The molecule has 0 saturated heterocycles. The average molecular weight is 258 g/mol. The summed E-state index contributed by atoms with van der Waals surface area (Å²) in [5.74, 6) is 0. The molecule has 0 radical (unpaired) electrons. The van der Waals surface area contributed by atoms with Crippen molar-refractivity contribution >= 4 is 27.2 Å². The molecule has 0 aromatic carbocycles. The van der Waals surface area contributed by atoms with Crippen LogP contribution in [0.4, 0.5) is 5.69 Å². The molecular formula is C13H14N4S. The highest BCUT2D eigenvalue weighted by Crippen LogP contribution is 2.33. The number of hydrogen-bond acceptors (Lipinski definition) is 4. The number of pyridine rings is 1. The van der Waals surface area contributed by atoms with Crippen LogP contribution in [0.5, 0.6) is 0 Å². The van der Waals surface area contributed by atoms with E-state index < -0.39 is 0 Å². The average Bonchev–Trinajstić information content (AvgIpc) is 2.95. The zero-order chi connectivity index (χ0) is 12.7. The maximum atomic E-state index is 4.76. The first-order valence-corrected chi connectivity index (χ1v) is 6.63. The van der Waals surface area contributed by atoms with Crippen molar-refractivity contribution < 1.29 is 0 Å². The minimum Gasteiger partial charge on any atom is -0.387 e. The van der Waals surface area contributed by atoms with Crippen LogP contribution < -0.4 is 5.32 Å². The zero-order valence-corrected chi connectivity index (χ0v) is 11.4. The van der Waals surface area contributed by atoms with Gasteiger partial charge in [-0.3, -0.25) is 4.68 Å². The first-order chi connectivity index (χ1) is 8.70. The highest BCUT2D eigenvalue weighted by molar-refractivity contribution is 7.18. The molecule has 0 unspecified atom stereocenters. The van der Waals surface area contributed by atoms with Gasteiger partial charge in [-0.25, -0.2) is 4.98 Å². The molecule has 3 aromatic rings. The third-order valence-corrected chi connectivity index (χ3v) is 4.17. The van der Waals surface area contributed by atoms with E-state index in [0.29, 0.717) is 0 Å². The molecular weight excluding hydrogens is 244 g/mol. The van der Waals surface area contributed by atoms with Gasteiger partial charge in [-0.05, 0) is 30.0 Å². The number of anilines is 1. The van der Waals surface area contributed by atoms with E-state index in [4.69, 9.17) is 4.98 Å². The quantitative estimate of drug-likeness (QED) is 0.768. The van der Waals surface area contributed by atoms with Gasteiger partial charge in [0.05, 0.1) is 27.3 Å². The van der Waals surface area contributed by atoms with Gasteiger partial charge in [-0.15, -0.1) is 11.3 Å². The molecule has 0 bridgehead atoms. The summed E-state index contributed by atoms with van der Waals surface area (Å²) in [5.41, 5.74) is 5.39. The molecule has 0 aliphatic rings. The van der Waals surface area contributed by atoms with E-state index in [9.17, 15) is 0 Å². The molecule has 92 valence electrons. The summed E-state index contributed by atoms with van der Waals surface area (Å²) in [7, 11) is 3.87. The van der Waals surface area contributed by atoms with E-state index in [1.54, 1.807) is 17.5 Å². The monoisotopic (exact) mass is 258 g/mol. The van der Waals surface area contributed by atoms with Crippen molar-refractivity contribution in [2.24, 2.45) is 7.05 Å². The molecule has 3 heterocycles. The lowest BCUT2D eigenvalue weighted by Gasteiger charge is -2.07. The fraction of sp³-hybridized carbons (Fsp3) is 0.231. The van der Waals surface area contributed by atoms with Crippen molar-refractivity contribution in [3.63, 3.8) is 0 Å². The molecule has 18 heavy (non-hydrogen) atoms. The summed E-state index contributed by atoms with van der Waals surface area (Å²) in [4.78, 5) is 4.76. The number of nitrogens with one attached hydrogen (secondary N) is 1. The van der Waals surface area contributed by atoms with Crippen LogP contribution in [0, 0.1) is 6.92 Å². The normalized spacial score (nSPS) is 11.1. The molecule has 0 atom stereocenters. The Bertz CT molecular complexity index is 711. The van der Waals surface area contributed by atoms with Crippen molar-refractivity contribution in [1.29, 1.82) is 0 Å². The maximum absolute atomic E-state index is 4.76. The van der Waals surface area contributed by atoms with Crippen LogP contribution in [-0.2, 0) is 7.05 Å². The van der Waals surface area contributed by atoms with Crippen molar-refractivity contribution in [2.45, 2.75) is 6.92 Å². The molecule has 0 amide bonds. The lowest BCUT2D eigenvalue weighted by Crippen LogP contribution is -1.97. The standard InChI is InChI=1S/C13H14N4S/c1-8-7-18-13-10(14-2)6-9(16-12(8)13)11-4-5-15-17(11)3/h4-7H,1-3H3,(H,14,16). The lowest BCUT2D eigenvalue weighted by molar-refractivity contribution is 0.774. The summed E-state index contributed by atoms with van der Waals surface area (Å²) >= 11 is 1.73. The fourth-order valence-electron chi connectivity index (χ4n) is 2.07. The largest absolute Gasteiger partial charge is 0.387 e. The summed E-state index contributed by atoms with van der Waals surface area (Å²) in [5, 5.41) is 9.59. The number of nitrogens with zero attached hydrogens (tertiary/aromatic N) is 3. The number of fused-ring (bicyclic) bond motifs is 1. The van der Waals surface area contributed by atoms with Crippen LogP contribution in [-0.4, -0.2) is 21.8 Å². The SMILES string of the molecule is CNc1cc(-c2ccnn2C)nc2c(C)csc12. The second-order valence-corrected chi connectivity index (χ2v) is 5.12. The lowest BCUT2D eigenvalue weighted by atomic mass is 10.2. The van der Waals surface area contributed by atoms with E-state index in [-0.39, 0.29) is 0 Å². The predicted molar refractivity (Wildman–Crippen MR) is 76.1 cm³/mol. The van der Waals surface area contributed by atoms with Crippen LogP contribution in [0.2, 0.25) is 0 Å². The van der Waals surface area contributed by atoms with Gasteiger partial charge < -0.3 is 5.32 Å². The molecule has 5 heteroatoms. The molecule has 0 saturated carbocycles. The number of thiophene rings is 1. The van der Waals surface area contributed by atoms with Crippen molar-refractivity contribution in [3.05, 3.63) is 29.3 Å². The Morgan fingerprint density at radius 3 is 2.89 bits per heavy atom. The van der Waals surface area contributed by atoms with Crippen LogP contribution in [0.3, 0.4) is 0 Å². The zero-order valence-electron chi connectivity index (χ0n) is 10.6. The molecule has 4 nitrogen and oxygen atoms in total. The number of hydrogen-bond donors (Lipinski definition) is 1. The van der Waals surface area contributed by atoms with E-state index >= 15 is 0 Å². The molecule has 1 N–H and O–H groups in total. The molecule has 3 rings (SSSR count). The summed E-state index contributed by atoms with van der Waals surface area (Å²) in [6.45, 7) is 2.10. The Morgan fingerprint density at radius 2 is 2.22 bits per heavy atom. The van der Waals surface area contributed by atoms with Gasteiger partial charge in [0.2, 0.25) is 0 Å². The minimum absolute atomic E-state index is 0.952. The van der Waals surface area contributed by atoms with E-state index in [1.165, 1.54) is 10.3 Å². The van der Waals surface area contributed by atoms with Crippen LogP contribution in [0.25, 0.3) is 21.6 Å². The van der Waals surface area contributed by atoms with Crippen molar-refractivity contribution in [1.82, 2.24) is 14.8 Å². The van der Waals surface area contributed by atoms with Gasteiger partial charge in [0.15, 0.2) is 0 Å². The number of aromatic nitrogens is 3. The van der Waals surface area contributed by atoms with Crippen molar-refractivity contribution in [3.8, 4) is 11.4 Å². The van der Waals surface area contributed by atoms with Gasteiger partial charge in [-0.2, -0.15) is 5.10 Å². The molecule has 0 spiro atoms. The number of rotatable bonds is 2. The van der Waals surface area contributed by atoms with Gasteiger partial charge in [0, 0.05) is 20.3 Å². The molecule has 0 aliphatic carbocycles. The van der Waals surface area contributed by atoms with Gasteiger partial charge >= 0.3 is 0 Å². The summed E-state index contributed by atoms with van der Waals surface area (Å²) < 4.78 is 3.05. The van der Waals surface area contributed by atoms with Gasteiger partial charge in [-0.1, -0.05) is 0 Å². The van der Waals surface area contributed by atoms with Crippen LogP contribution in [0.1, 0.15) is 5.56 Å². The van der Waals surface area contributed by atoms with E-state index in [2.05, 4.69) is 28.8 Å². The maximum Gasteiger partial charge on any atom is 0.0911 e. The molecule has 0 fully saturated rings. The van der Waals surface area contributed by atoms with Gasteiger partial charge in [0.25, 0.3) is 0 Å². The molecule has 3 aromatic heterocycles. The topological polar surface area (TPSA) is 42.7 Å². The van der Waals surface area contributed by atoms with Crippen LogP contribution in [0.15, 0.2) is 23.7 Å². The van der Waals surface area contributed by atoms with Crippen LogP contribution >= 0.6 is 11.3 Å². The predicted octanol–water partition coefficient (Wildman–Crippen LogP) is 3.05. The third kappa shape index (κ3) is 1.59. The Kier molecular flexibility index (Phi) is 2.56. The smallest absolute Gasteiger partial charge is 0.0911 e. The highest BCUT2D eigenvalue weighted by atomic mass is 32.1. The first-order valence-electron chi connectivity index (χ1n) is 5.75. The van der Waals surface area contributed by atoms with E-state index in [1.807, 2.05) is 24.8 Å². The summed E-state index contributed by atoms with van der Waals surface area (Å²) in [6, 6.07) is 4.06. The second kappa shape index (κ2) is 4.10. The Hall–Kier alpha value is -1.88. The molecule has 0 aliphatic heterocycles. The Labute approximate surface area is 109 Å². The number of aryl methyl sites for hydroxylation is 2. The third-order valence-electron chi connectivity index (χ3n) is 3.05. The highest BCUT2D eigenvalue weighted by Gasteiger charge is 2.12. The second-order valence-electron chi connectivity index (χ2n) is 4.24. The fourth-order valence-corrected chi connectivity index (χ4v) is 3.08. The van der Waals surface area contributed by atoms with Crippen molar-refractivity contribution in [2.75, 3.05) is 12.4 Å². The Balaban J connectivity index is 2.31.